The number of ether oxygens (including phenoxy) is 1. The highest BCUT2D eigenvalue weighted by molar-refractivity contribution is 5.75. The molecule has 5 heteroatoms. The van der Waals surface area contributed by atoms with Gasteiger partial charge in [0.25, 0.3) is 0 Å². The van der Waals surface area contributed by atoms with Crippen LogP contribution in [-0.2, 0) is 4.74 Å². The van der Waals surface area contributed by atoms with Crippen LogP contribution in [0.15, 0.2) is 30.5 Å². The Balaban J connectivity index is 1.46. The number of fused-ring (bicyclic) bond motifs is 1. The molecule has 1 aromatic carbocycles. The molecule has 0 saturated carbocycles. The van der Waals surface area contributed by atoms with Gasteiger partial charge in [-0.3, -0.25) is 9.88 Å². The quantitative estimate of drug-likeness (QED) is 0.819. The predicted molar refractivity (Wildman–Crippen MR) is 77.9 cm³/mol. The van der Waals surface area contributed by atoms with Crippen LogP contribution in [0.1, 0.15) is 0 Å². The van der Waals surface area contributed by atoms with E-state index in [1.807, 2.05) is 30.5 Å². The largest absolute Gasteiger partial charge is 0.379 e. The summed E-state index contributed by atoms with van der Waals surface area (Å²) in [5, 5.41) is 0. The van der Waals surface area contributed by atoms with E-state index < -0.39 is 0 Å². The van der Waals surface area contributed by atoms with E-state index >= 15 is 0 Å². The molecule has 0 radical (unpaired) electrons. The first kappa shape index (κ1) is 12.1. The molecule has 2 saturated heterocycles. The Bertz CT molecular complexity index is 606. The van der Waals surface area contributed by atoms with Gasteiger partial charge < -0.3 is 9.64 Å². The number of morpholine rings is 1. The van der Waals surface area contributed by atoms with Gasteiger partial charge in [0.15, 0.2) is 0 Å². The monoisotopic (exact) mass is 270 g/mol. The fourth-order valence-corrected chi connectivity index (χ4v) is 2.92. The van der Waals surface area contributed by atoms with E-state index in [1.165, 1.54) is 0 Å². The molecule has 3 heterocycles. The van der Waals surface area contributed by atoms with E-state index in [2.05, 4.69) is 14.8 Å². The van der Waals surface area contributed by atoms with Crippen molar-refractivity contribution < 1.29 is 4.74 Å². The lowest BCUT2D eigenvalue weighted by molar-refractivity contribution is 0.0104. The maximum absolute atomic E-state index is 5.40. The summed E-state index contributed by atoms with van der Waals surface area (Å²) in [5.41, 5.74) is 1.93. The average Bonchev–Trinajstić information content (AvgIpc) is 2.47. The Kier molecular flexibility index (Phi) is 3.01. The molecule has 104 valence electrons. The number of aromatic nitrogens is 2. The summed E-state index contributed by atoms with van der Waals surface area (Å²) in [4.78, 5) is 14.0. The molecule has 1 aromatic heterocycles. The van der Waals surface area contributed by atoms with Crippen LogP contribution in [-0.4, -0.2) is 60.3 Å². The van der Waals surface area contributed by atoms with Crippen molar-refractivity contribution in [2.45, 2.75) is 6.04 Å². The third-order valence-corrected chi connectivity index (χ3v) is 4.18. The van der Waals surface area contributed by atoms with E-state index in [-0.39, 0.29) is 0 Å². The number of para-hydroxylation sites is 2. The van der Waals surface area contributed by atoms with Gasteiger partial charge in [-0.05, 0) is 12.1 Å². The number of benzene rings is 1. The average molecular weight is 270 g/mol. The topological polar surface area (TPSA) is 41.5 Å². The van der Waals surface area contributed by atoms with Crippen LogP contribution in [0.3, 0.4) is 0 Å². The van der Waals surface area contributed by atoms with Crippen molar-refractivity contribution in [1.29, 1.82) is 0 Å². The van der Waals surface area contributed by atoms with Crippen molar-refractivity contribution in [3.05, 3.63) is 30.5 Å². The highest BCUT2D eigenvalue weighted by Gasteiger charge is 2.33. The minimum atomic E-state index is 0.646. The molecule has 2 aliphatic rings. The Labute approximate surface area is 118 Å². The van der Waals surface area contributed by atoms with Crippen LogP contribution in [0.25, 0.3) is 11.0 Å². The summed E-state index contributed by atoms with van der Waals surface area (Å²) in [7, 11) is 0. The Morgan fingerprint density at radius 3 is 2.60 bits per heavy atom. The SMILES string of the molecule is c1ccc2nc(N3CC(N4CCOCC4)C3)cnc2c1. The van der Waals surface area contributed by atoms with Gasteiger partial charge in [0, 0.05) is 32.2 Å². The van der Waals surface area contributed by atoms with E-state index in [4.69, 9.17) is 9.72 Å². The lowest BCUT2D eigenvalue weighted by Crippen LogP contribution is -2.61. The van der Waals surface area contributed by atoms with Crippen molar-refractivity contribution in [3.63, 3.8) is 0 Å². The van der Waals surface area contributed by atoms with Crippen LogP contribution < -0.4 is 4.90 Å². The summed E-state index contributed by atoms with van der Waals surface area (Å²) < 4.78 is 5.40. The first-order chi connectivity index (χ1) is 9.90. The summed E-state index contributed by atoms with van der Waals surface area (Å²) in [6.45, 7) is 5.95. The molecule has 5 nitrogen and oxygen atoms in total. The van der Waals surface area contributed by atoms with Crippen LogP contribution in [0.5, 0.6) is 0 Å². The molecule has 2 aliphatic heterocycles. The highest BCUT2D eigenvalue weighted by atomic mass is 16.5. The molecule has 2 aromatic rings. The van der Waals surface area contributed by atoms with Gasteiger partial charge in [-0.1, -0.05) is 12.1 Å². The Morgan fingerprint density at radius 1 is 1.05 bits per heavy atom. The van der Waals surface area contributed by atoms with Gasteiger partial charge in [0.2, 0.25) is 0 Å². The van der Waals surface area contributed by atoms with Crippen molar-refractivity contribution >= 4 is 16.9 Å². The standard InChI is InChI=1S/C15H18N4O/c1-2-4-14-13(3-1)16-9-15(17-14)19-10-12(11-19)18-5-7-20-8-6-18/h1-4,9,12H,5-8,10-11H2. The van der Waals surface area contributed by atoms with Gasteiger partial charge >= 0.3 is 0 Å². The van der Waals surface area contributed by atoms with Crippen LogP contribution in [0.2, 0.25) is 0 Å². The molecule has 0 unspecified atom stereocenters. The predicted octanol–water partition coefficient (Wildman–Crippen LogP) is 1.15. The fourth-order valence-electron chi connectivity index (χ4n) is 2.92. The minimum Gasteiger partial charge on any atom is -0.379 e. The molecule has 2 fully saturated rings. The van der Waals surface area contributed by atoms with Gasteiger partial charge in [-0.15, -0.1) is 0 Å². The van der Waals surface area contributed by atoms with Crippen LogP contribution in [0.4, 0.5) is 5.82 Å². The van der Waals surface area contributed by atoms with Gasteiger partial charge in [0.05, 0.1) is 30.4 Å². The third-order valence-electron chi connectivity index (χ3n) is 4.18. The lowest BCUT2D eigenvalue weighted by Gasteiger charge is -2.47. The smallest absolute Gasteiger partial charge is 0.147 e. The molecule has 0 bridgehead atoms. The van der Waals surface area contributed by atoms with Crippen molar-refractivity contribution in [3.8, 4) is 0 Å². The molecule has 0 amide bonds. The summed E-state index contributed by atoms with van der Waals surface area (Å²) in [5.74, 6) is 0.994. The Hall–Kier alpha value is -1.72. The molecule has 20 heavy (non-hydrogen) atoms. The van der Waals surface area contributed by atoms with Crippen LogP contribution in [0, 0.1) is 0 Å². The van der Waals surface area contributed by atoms with E-state index in [1.54, 1.807) is 0 Å². The van der Waals surface area contributed by atoms with E-state index in [0.29, 0.717) is 6.04 Å². The summed E-state index contributed by atoms with van der Waals surface area (Å²) in [6, 6.07) is 8.67. The van der Waals surface area contributed by atoms with Gasteiger partial charge in [-0.25, -0.2) is 4.98 Å². The zero-order valence-electron chi connectivity index (χ0n) is 11.4. The number of hydrogen-bond donors (Lipinski definition) is 0. The second-order valence-electron chi connectivity index (χ2n) is 5.42. The number of rotatable bonds is 2. The molecular weight excluding hydrogens is 252 g/mol. The number of nitrogens with zero attached hydrogens (tertiary/aromatic N) is 4. The first-order valence-electron chi connectivity index (χ1n) is 7.19. The van der Waals surface area contributed by atoms with Crippen molar-refractivity contribution in [2.75, 3.05) is 44.3 Å². The van der Waals surface area contributed by atoms with Crippen LogP contribution >= 0.6 is 0 Å². The third kappa shape index (κ3) is 2.13. The molecule has 0 N–H and O–H groups in total. The van der Waals surface area contributed by atoms with Crippen molar-refractivity contribution in [2.24, 2.45) is 0 Å². The summed E-state index contributed by atoms with van der Waals surface area (Å²) in [6.07, 6.45) is 1.89. The highest BCUT2D eigenvalue weighted by Crippen LogP contribution is 2.23. The first-order valence-corrected chi connectivity index (χ1v) is 7.19. The number of hydrogen-bond acceptors (Lipinski definition) is 5. The molecule has 0 atom stereocenters. The van der Waals surface area contributed by atoms with Gasteiger partial charge in [-0.2, -0.15) is 0 Å². The maximum Gasteiger partial charge on any atom is 0.147 e. The minimum absolute atomic E-state index is 0.646. The fraction of sp³-hybridized carbons (Fsp3) is 0.467. The second kappa shape index (κ2) is 5.00. The lowest BCUT2D eigenvalue weighted by atomic mass is 10.1. The molecule has 4 rings (SSSR count). The molecular formula is C15H18N4O. The number of anilines is 1. The molecule has 0 spiro atoms. The summed E-state index contributed by atoms with van der Waals surface area (Å²) >= 11 is 0. The molecule has 0 aliphatic carbocycles. The Morgan fingerprint density at radius 2 is 1.80 bits per heavy atom. The van der Waals surface area contributed by atoms with E-state index in [0.717, 1.165) is 56.2 Å². The second-order valence-corrected chi connectivity index (χ2v) is 5.42. The maximum atomic E-state index is 5.40. The van der Waals surface area contributed by atoms with Crippen molar-refractivity contribution in [1.82, 2.24) is 14.9 Å². The zero-order valence-corrected chi connectivity index (χ0v) is 11.4. The van der Waals surface area contributed by atoms with E-state index in [9.17, 15) is 0 Å². The van der Waals surface area contributed by atoms with Gasteiger partial charge in [0.1, 0.15) is 5.82 Å². The normalized spacial score (nSPS) is 21.1. The zero-order chi connectivity index (χ0) is 13.4.